The summed E-state index contributed by atoms with van der Waals surface area (Å²) in [6.45, 7) is 0.608. The van der Waals surface area contributed by atoms with E-state index in [0.29, 0.717) is 17.5 Å². The van der Waals surface area contributed by atoms with Crippen LogP contribution in [0.15, 0.2) is 83.7 Å². The monoisotopic (exact) mass is 655 g/mol. The third-order valence-electron chi connectivity index (χ3n) is 7.63. The predicted octanol–water partition coefficient (Wildman–Crippen LogP) is 1.54. The molecule has 0 unspecified atom stereocenters. The van der Waals surface area contributed by atoms with Crippen molar-refractivity contribution in [1.29, 1.82) is 0 Å². The molecule has 0 aliphatic heterocycles. The van der Waals surface area contributed by atoms with Crippen LogP contribution in [0.1, 0.15) is 40.4 Å². The Bertz CT molecular complexity index is 1880. The van der Waals surface area contributed by atoms with Gasteiger partial charge in [0.2, 0.25) is 17.7 Å². The highest BCUT2D eigenvalue weighted by molar-refractivity contribution is 6.03. The average Bonchev–Trinajstić information content (AvgIpc) is 3.05. The molecule has 4 aromatic rings. The van der Waals surface area contributed by atoms with Gasteiger partial charge < -0.3 is 36.0 Å². The molecule has 1 aromatic heterocycles. The Morgan fingerprint density at radius 3 is 2.04 bits per heavy atom. The molecule has 13 nitrogen and oxygen atoms in total. The molecule has 48 heavy (non-hydrogen) atoms. The fraction of sp³-hybridized carbons (Fsp3) is 0.257. The van der Waals surface area contributed by atoms with E-state index in [1.54, 1.807) is 12.1 Å². The molecular weight excluding hydrogens is 618 g/mol. The first kappa shape index (κ1) is 34.9. The zero-order valence-electron chi connectivity index (χ0n) is 26.5. The molecule has 0 bridgehead atoms. The number of aromatic nitrogens is 1. The molecule has 4 amide bonds. The van der Waals surface area contributed by atoms with E-state index >= 15 is 0 Å². The summed E-state index contributed by atoms with van der Waals surface area (Å²) in [5.41, 5.74) is 1.15. The van der Waals surface area contributed by atoms with E-state index in [-0.39, 0.29) is 30.7 Å². The van der Waals surface area contributed by atoms with Crippen molar-refractivity contribution in [2.45, 2.75) is 44.8 Å². The minimum Gasteiger partial charge on any atom is -0.506 e. The van der Waals surface area contributed by atoms with Crippen LogP contribution in [0.25, 0.3) is 10.9 Å². The number of carboxylic acids is 1. The van der Waals surface area contributed by atoms with Crippen LogP contribution in [0.2, 0.25) is 0 Å². The molecule has 1 heterocycles. The number of hydrogen-bond acceptors (Lipinski definition) is 7. The molecule has 0 fully saturated rings. The van der Waals surface area contributed by atoms with Crippen LogP contribution in [0.3, 0.4) is 0 Å². The molecule has 0 radical (unpaired) electrons. The lowest BCUT2D eigenvalue weighted by Gasteiger charge is -2.22. The van der Waals surface area contributed by atoms with E-state index in [4.69, 9.17) is 5.11 Å². The SMILES string of the molecule is CC(=O)N[C@H](CC(=O)N[C@H](Cc1ccccc1)C(=O)NCc1ccc2c(c1)c(O)c(C(=O)NCC(=O)O)c(=O)n2C)Cc1ccccc1. The molecule has 250 valence electrons. The number of hydrogen-bond donors (Lipinski definition) is 6. The third kappa shape index (κ3) is 9.28. The first-order valence-corrected chi connectivity index (χ1v) is 15.2. The summed E-state index contributed by atoms with van der Waals surface area (Å²) in [6, 6.07) is 21.8. The smallest absolute Gasteiger partial charge is 0.322 e. The molecular formula is C35H37N5O8. The normalized spacial score (nSPS) is 12.0. The van der Waals surface area contributed by atoms with Crippen molar-refractivity contribution >= 4 is 40.5 Å². The zero-order chi connectivity index (χ0) is 34.8. The highest BCUT2D eigenvalue weighted by Gasteiger charge is 2.25. The van der Waals surface area contributed by atoms with Gasteiger partial charge in [-0.25, -0.2) is 0 Å². The van der Waals surface area contributed by atoms with Crippen molar-refractivity contribution in [2.75, 3.05) is 6.54 Å². The number of pyridine rings is 1. The molecule has 0 spiro atoms. The number of aryl methyl sites for hydroxylation is 1. The fourth-order valence-corrected chi connectivity index (χ4v) is 5.35. The zero-order valence-corrected chi connectivity index (χ0v) is 26.5. The van der Waals surface area contributed by atoms with Gasteiger partial charge in [-0.15, -0.1) is 0 Å². The maximum absolute atomic E-state index is 13.5. The Hall–Kier alpha value is -5.98. The topological polar surface area (TPSA) is 196 Å². The lowest BCUT2D eigenvalue weighted by Crippen LogP contribution is -2.49. The molecule has 0 saturated heterocycles. The summed E-state index contributed by atoms with van der Waals surface area (Å²) in [4.78, 5) is 74.9. The molecule has 4 rings (SSSR count). The minimum absolute atomic E-state index is 0.0265. The van der Waals surface area contributed by atoms with Crippen LogP contribution in [-0.2, 0) is 45.6 Å². The number of nitrogens with zero attached hydrogens (tertiary/aromatic N) is 1. The van der Waals surface area contributed by atoms with Crippen LogP contribution in [-0.4, -0.2) is 63.0 Å². The van der Waals surface area contributed by atoms with Gasteiger partial charge in [-0.3, -0.25) is 28.8 Å². The molecule has 0 saturated carbocycles. The third-order valence-corrected chi connectivity index (χ3v) is 7.63. The summed E-state index contributed by atoms with van der Waals surface area (Å²) >= 11 is 0. The number of carboxylic acid groups (broad SMARTS) is 1. The van der Waals surface area contributed by atoms with Gasteiger partial charge in [0.15, 0.2) is 0 Å². The van der Waals surface area contributed by atoms with E-state index in [1.807, 2.05) is 60.7 Å². The minimum atomic E-state index is -1.32. The number of carbonyl (C=O) groups is 5. The summed E-state index contributed by atoms with van der Waals surface area (Å²) in [7, 11) is 1.41. The van der Waals surface area contributed by atoms with Crippen molar-refractivity contribution in [1.82, 2.24) is 25.8 Å². The maximum Gasteiger partial charge on any atom is 0.322 e. The van der Waals surface area contributed by atoms with Crippen LogP contribution in [0.5, 0.6) is 5.75 Å². The number of fused-ring (bicyclic) bond motifs is 1. The van der Waals surface area contributed by atoms with Gasteiger partial charge in [-0.1, -0.05) is 66.7 Å². The van der Waals surface area contributed by atoms with Gasteiger partial charge in [0.05, 0.1) is 5.52 Å². The molecule has 13 heteroatoms. The Morgan fingerprint density at radius 1 is 0.812 bits per heavy atom. The van der Waals surface area contributed by atoms with Crippen molar-refractivity contribution < 1.29 is 34.2 Å². The predicted molar refractivity (Wildman–Crippen MR) is 177 cm³/mol. The Kier molecular flexibility index (Phi) is 11.6. The number of amides is 4. The van der Waals surface area contributed by atoms with E-state index in [2.05, 4.69) is 21.3 Å². The van der Waals surface area contributed by atoms with Gasteiger partial charge in [0.1, 0.15) is 23.9 Å². The number of aromatic hydroxyl groups is 1. The second-order valence-corrected chi connectivity index (χ2v) is 11.3. The second kappa shape index (κ2) is 16.0. The Balaban J connectivity index is 1.52. The highest BCUT2D eigenvalue weighted by atomic mass is 16.4. The van der Waals surface area contributed by atoms with Gasteiger partial charge in [-0.05, 0) is 35.2 Å². The fourth-order valence-electron chi connectivity index (χ4n) is 5.35. The first-order chi connectivity index (χ1) is 22.9. The summed E-state index contributed by atoms with van der Waals surface area (Å²) in [5, 5.41) is 30.4. The quantitative estimate of drug-likeness (QED) is 0.118. The second-order valence-electron chi connectivity index (χ2n) is 11.3. The van der Waals surface area contributed by atoms with E-state index in [0.717, 1.165) is 15.7 Å². The molecule has 0 aliphatic carbocycles. The lowest BCUT2D eigenvalue weighted by atomic mass is 10.0. The summed E-state index contributed by atoms with van der Waals surface area (Å²) in [6.07, 6.45) is 0.558. The highest BCUT2D eigenvalue weighted by Crippen LogP contribution is 2.27. The van der Waals surface area contributed by atoms with E-state index in [9.17, 15) is 33.9 Å². The number of benzene rings is 3. The molecule has 2 atom stereocenters. The van der Waals surface area contributed by atoms with Gasteiger partial charge in [0.25, 0.3) is 11.5 Å². The molecule has 6 N–H and O–H groups in total. The van der Waals surface area contributed by atoms with Crippen molar-refractivity contribution in [3.05, 3.63) is 111 Å². The number of carbonyl (C=O) groups excluding carboxylic acids is 4. The van der Waals surface area contributed by atoms with Crippen LogP contribution < -0.4 is 26.8 Å². The van der Waals surface area contributed by atoms with Gasteiger partial charge in [-0.2, -0.15) is 0 Å². The molecule has 0 aliphatic rings. The number of aliphatic carboxylic acids is 1. The van der Waals surface area contributed by atoms with Crippen molar-refractivity contribution in [3.8, 4) is 5.75 Å². The average molecular weight is 656 g/mol. The Labute approximate surface area is 276 Å². The van der Waals surface area contributed by atoms with Crippen LogP contribution in [0, 0.1) is 0 Å². The molecule has 3 aromatic carbocycles. The van der Waals surface area contributed by atoms with Gasteiger partial charge in [0, 0.05) is 44.8 Å². The largest absolute Gasteiger partial charge is 0.506 e. The Morgan fingerprint density at radius 2 is 1.44 bits per heavy atom. The van der Waals surface area contributed by atoms with Crippen molar-refractivity contribution in [3.63, 3.8) is 0 Å². The van der Waals surface area contributed by atoms with E-state index < -0.39 is 59.2 Å². The summed E-state index contributed by atoms with van der Waals surface area (Å²) < 4.78 is 1.16. The lowest BCUT2D eigenvalue weighted by molar-refractivity contribution is -0.135. The van der Waals surface area contributed by atoms with Crippen LogP contribution >= 0.6 is 0 Å². The number of rotatable bonds is 14. The standard InChI is InChI=1S/C35H37N5O8/c1-21(41)38-25(15-22-9-5-3-6-10-22)18-29(42)39-27(17-23-11-7-4-8-12-23)33(46)36-19-24-13-14-28-26(16-24)32(45)31(35(48)40(28)2)34(47)37-20-30(43)44/h3-14,16,25,27,45H,15,17-20H2,1-2H3,(H,36,46)(H,37,47)(H,38,41)(H,39,42)(H,43,44)/t25-,27+/m0/s1. The van der Waals surface area contributed by atoms with Crippen molar-refractivity contribution in [2.24, 2.45) is 7.05 Å². The maximum atomic E-state index is 13.5. The van der Waals surface area contributed by atoms with Gasteiger partial charge >= 0.3 is 5.97 Å². The van der Waals surface area contributed by atoms with Crippen LogP contribution in [0.4, 0.5) is 0 Å². The summed E-state index contributed by atoms with van der Waals surface area (Å²) in [5.74, 6) is -4.17. The van der Waals surface area contributed by atoms with E-state index in [1.165, 1.54) is 20.0 Å². The first-order valence-electron chi connectivity index (χ1n) is 15.2. The number of nitrogens with one attached hydrogen (secondary N) is 4.